The van der Waals surface area contributed by atoms with Gasteiger partial charge in [0.1, 0.15) is 12.4 Å². The van der Waals surface area contributed by atoms with Gasteiger partial charge in [-0.3, -0.25) is 15.5 Å². The largest absolute Gasteiger partial charge is 0.490 e. The van der Waals surface area contributed by atoms with Crippen molar-refractivity contribution in [1.82, 2.24) is 4.98 Å². The summed E-state index contributed by atoms with van der Waals surface area (Å²) in [5.74, 6) is 0.795. The van der Waals surface area contributed by atoms with E-state index in [9.17, 15) is 14.5 Å². The molecule has 2 aromatic carbocycles. The number of halogens is 1. The van der Waals surface area contributed by atoms with Gasteiger partial charge in [-0.15, -0.1) is 0 Å². The SMILES string of the molecule is CCOc1cc(/C=N\Nc2ncccc2[N+](=O)[O-])ccc1OCc1ccc(F)cc1. The summed E-state index contributed by atoms with van der Waals surface area (Å²) in [4.78, 5) is 14.4. The zero-order valence-corrected chi connectivity index (χ0v) is 16.1. The van der Waals surface area contributed by atoms with Gasteiger partial charge in [-0.1, -0.05) is 12.1 Å². The Hall–Kier alpha value is -4.01. The lowest BCUT2D eigenvalue weighted by Crippen LogP contribution is -2.01. The minimum atomic E-state index is -0.536. The molecule has 0 saturated heterocycles. The number of rotatable bonds is 9. The highest BCUT2D eigenvalue weighted by molar-refractivity contribution is 5.81. The zero-order valence-electron chi connectivity index (χ0n) is 16.1. The van der Waals surface area contributed by atoms with E-state index in [1.807, 2.05) is 6.92 Å². The second kappa shape index (κ2) is 9.97. The van der Waals surface area contributed by atoms with Gasteiger partial charge in [0.25, 0.3) is 0 Å². The smallest absolute Gasteiger partial charge is 0.313 e. The third-order valence-corrected chi connectivity index (χ3v) is 3.94. The van der Waals surface area contributed by atoms with Crippen LogP contribution < -0.4 is 14.9 Å². The quantitative estimate of drug-likeness (QED) is 0.316. The second-order valence-corrected chi connectivity index (χ2v) is 6.05. The number of pyridine rings is 1. The summed E-state index contributed by atoms with van der Waals surface area (Å²) in [6.07, 6.45) is 2.93. The molecule has 1 heterocycles. The fourth-order valence-corrected chi connectivity index (χ4v) is 2.53. The molecule has 30 heavy (non-hydrogen) atoms. The molecule has 0 amide bonds. The molecule has 0 aliphatic heterocycles. The summed E-state index contributed by atoms with van der Waals surface area (Å²) in [6, 6.07) is 14.1. The molecule has 0 saturated carbocycles. The molecule has 8 nitrogen and oxygen atoms in total. The first-order valence-electron chi connectivity index (χ1n) is 9.09. The molecular formula is C21H19FN4O4. The van der Waals surface area contributed by atoms with E-state index in [2.05, 4.69) is 15.5 Å². The Bertz CT molecular complexity index is 1040. The van der Waals surface area contributed by atoms with Crippen LogP contribution >= 0.6 is 0 Å². The Morgan fingerprint density at radius 3 is 2.70 bits per heavy atom. The predicted octanol–water partition coefficient (Wildman–Crippen LogP) is 4.55. The second-order valence-electron chi connectivity index (χ2n) is 6.05. The fraction of sp³-hybridized carbons (Fsp3) is 0.143. The molecule has 0 atom stereocenters. The molecule has 3 rings (SSSR count). The van der Waals surface area contributed by atoms with Crippen LogP contribution in [-0.2, 0) is 6.61 Å². The fourth-order valence-electron chi connectivity index (χ4n) is 2.53. The van der Waals surface area contributed by atoms with Crippen molar-refractivity contribution in [3.63, 3.8) is 0 Å². The van der Waals surface area contributed by atoms with E-state index in [4.69, 9.17) is 9.47 Å². The number of anilines is 1. The van der Waals surface area contributed by atoms with E-state index >= 15 is 0 Å². The molecule has 1 aromatic heterocycles. The maximum atomic E-state index is 13.0. The average Bonchev–Trinajstić information content (AvgIpc) is 2.75. The third-order valence-electron chi connectivity index (χ3n) is 3.94. The summed E-state index contributed by atoms with van der Waals surface area (Å²) in [6.45, 7) is 2.55. The number of nitro groups is 1. The first-order chi connectivity index (χ1) is 14.6. The standard InChI is InChI=1S/C21H19FN4O4/c1-2-29-20-12-16(13-24-25-21-18(26(27)28)4-3-11-23-21)7-10-19(20)30-14-15-5-8-17(22)9-6-15/h3-13H,2,14H2,1H3,(H,23,25)/b24-13-. The highest BCUT2D eigenvalue weighted by Crippen LogP contribution is 2.29. The molecule has 0 aliphatic carbocycles. The lowest BCUT2D eigenvalue weighted by molar-refractivity contribution is -0.384. The average molecular weight is 410 g/mol. The highest BCUT2D eigenvalue weighted by atomic mass is 19.1. The minimum Gasteiger partial charge on any atom is -0.490 e. The van der Waals surface area contributed by atoms with Gasteiger partial charge in [-0.2, -0.15) is 5.10 Å². The number of nitrogens with one attached hydrogen (secondary N) is 1. The number of hydrazone groups is 1. The molecule has 3 aromatic rings. The molecule has 9 heteroatoms. The van der Waals surface area contributed by atoms with Gasteiger partial charge < -0.3 is 9.47 Å². The lowest BCUT2D eigenvalue weighted by atomic mass is 10.2. The van der Waals surface area contributed by atoms with Crippen LogP contribution in [0, 0.1) is 15.9 Å². The Labute approximate surface area is 172 Å². The van der Waals surface area contributed by atoms with Gasteiger partial charge in [-0.25, -0.2) is 9.37 Å². The summed E-state index contributed by atoms with van der Waals surface area (Å²) >= 11 is 0. The summed E-state index contributed by atoms with van der Waals surface area (Å²) in [5.41, 5.74) is 3.92. The maximum Gasteiger partial charge on any atom is 0.313 e. The van der Waals surface area contributed by atoms with E-state index in [1.165, 1.54) is 36.7 Å². The van der Waals surface area contributed by atoms with E-state index in [0.29, 0.717) is 23.7 Å². The monoisotopic (exact) mass is 410 g/mol. The van der Waals surface area contributed by atoms with Gasteiger partial charge in [0.05, 0.1) is 17.7 Å². The number of aromatic nitrogens is 1. The predicted molar refractivity (Wildman–Crippen MR) is 110 cm³/mol. The Morgan fingerprint density at radius 2 is 1.97 bits per heavy atom. The molecule has 0 unspecified atom stereocenters. The summed E-state index contributed by atoms with van der Waals surface area (Å²) < 4.78 is 24.4. The van der Waals surface area contributed by atoms with Crippen LogP contribution in [0.15, 0.2) is 65.9 Å². The van der Waals surface area contributed by atoms with E-state index in [1.54, 1.807) is 30.3 Å². The topological polar surface area (TPSA) is 98.9 Å². The highest BCUT2D eigenvalue weighted by Gasteiger charge is 2.13. The van der Waals surface area contributed by atoms with Crippen molar-refractivity contribution in [3.05, 3.63) is 87.9 Å². The van der Waals surface area contributed by atoms with Gasteiger partial charge in [0.2, 0.25) is 5.82 Å². The van der Waals surface area contributed by atoms with Crippen molar-refractivity contribution in [1.29, 1.82) is 0 Å². The zero-order chi connectivity index (χ0) is 21.3. The molecule has 0 aliphatic rings. The van der Waals surface area contributed by atoms with Crippen LogP contribution in [0.4, 0.5) is 15.9 Å². The number of nitrogens with zero attached hydrogens (tertiary/aromatic N) is 3. The number of hydrogen-bond donors (Lipinski definition) is 1. The maximum absolute atomic E-state index is 13.0. The normalized spacial score (nSPS) is 10.7. The van der Waals surface area contributed by atoms with Gasteiger partial charge in [0.15, 0.2) is 11.5 Å². The van der Waals surface area contributed by atoms with Crippen molar-refractivity contribution in [2.45, 2.75) is 13.5 Å². The molecular weight excluding hydrogens is 391 g/mol. The van der Waals surface area contributed by atoms with Crippen LogP contribution in [0.5, 0.6) is 11.5 Å². The van der Waals surface area contributed by atoms with Gasteiger partial charge in [0, 0.05) is 12.3 Å². The van der Waals surface area contributed by atoms with Crippen LogP contribution in [0.3, 0.4) is 0 Å². The molecule has 154 valence electrons. The van der Waals surface area contributed by atoms with Crippen molar-refractivity contribution in [2.75, 3.05) is 12.0 Å². The van der Waals surface area contributed by atoms with E-state index in [0.717, 1.165) is 5.56 Å². The van der Waals surface area contributed by atoms with Crippen molar-refractivity contribution in [2.24, 2.45) is 5.10 Å². The van der Waals surface area contributed by atoms with Gasteiger partial charge in [-0.05, 0) is 54.4 Å². The summed E-state index contributed by atoms with van der Waals surface area (Å²) in [5, 5.41) is 15.0. The number of hydrogen-bond acceptors (Lipinski definition) is 7. The van der Waals surface area contributed by atoms with Crippen LogP contribution in [-0.4, -0.2) is 22.7 Å². The number of ether oxygens (including phenoxy) is 2. The molecule has 0 spiro atoms. The lowest BCUT2D eigenvalue weighted by Gasteiger charge is -2.12. The molecule has 0 bridgehead atoms. The van der Waals surface area contributed by atoms with Crippen molar-refractivity contribution in [3.8, 4) is 11.5 Å². The van der Waals surface area contributed by atoms with Crippen LogP contribution in [0.2, 0.25) is 0 Å². The Balaban J connectivity index is 1.70. The first kappa shape index (κ1) is 20.7. The third kappa shape index (κ3) is 5.51. The van der Waals surface area contributed by atoms with Crippen LogP contribution in [0.1, 0.15) is 18.1 Å². The van der Waals surface area contributed by atoms with E-state index < -0.39 is 4.92 Å². The van der Waals surface area contributed by atoms with Gasteiger partial charge >= 0.3 is 5.69 Å². The Kier molecular flexibility index (Phi) is 6.88. The van der Waals surface area contributed by atoms with Crippen molar-refractivity contribution < 1.29 is 18.8 Å². The van der Waals surface area contributed by atoms with Crippen molar-refractivity contribution >= 4 is 17.7 Å². The molecule has 0 radical (unpaired) electrons. The van der Waals surface area contributed by atoms with E-state index in [-0.39, 0.29) is 23.9 Å². The summed E-state index contributed by atoms with van der Waals surface area (Å²) in [7, 11) is 0. The molecule has 0 fully saturated rings. The Morgan fingerprint density at radius 1 is 1.17 bits per heavy atom. The molecule has 1 N–H and O–H groups in total. The first-order valence-corrected chi connectivity index (χ1v) is 9.09. The number of benzene rings is 2. The van der Waals surface area contributed by atoms with Crippen LogP contribution in [0.25, 0.3) is 0 Å². The minimum absolute atomic E-state index is 0.0445.